The number of hydrogen-bond acceptors (Lipinski definition) is 6. The number of amides is 1. The van der Waals surface area contributed by atoms with Gasteiger partial charge in [0.25, 0.3) is 0 Å². The number of alkyl halides is 3. The molecule has 0 saturated carbocycles. The molecule has 0 fully saturated rings. The molecule has 2 aromatic heterocycles. The number of rotatable bonds is 11. The first-order chi connectivity index (χ1) is 22.3. The van der Waals surface area contributed by atoms with Crippen molar-refractivity contribution >= 4 is 22.8 Å². The normalized spacial score (nSPS) is 12.2. The Morgan fingerprint density at radius 1 is 0.979 bits per heavy atom. The summed E-state index contributed by atoms with van der Waals surface area (Å²) in [7, 11) is 1.66. The number of ether oxygens (including phenoxy) is 1. The lowest BCUT2D eigenvalue weighted by molar-refractivity contribution is -0.192. The number of nitrogens with zero attached hydrogens (tertiary/aromatic N) is 3. The van der Waals surface area contributed by atoms with E-state index in [2.05, 4.69) is 49.3 Å². The Labute approximate surface area is 269 Å². The van der Waals surface area contributed by atoms with Gasteiger partial charge in [0.2, 0.25) is 5.91 Å². The van der Waals surface area contributed by atoms with Crippen LogP contribution in [-0.4, -0.2) is 55.6 Å². The van der Waals surface area contributed by atoms with E-state index >= 15 is 0 Å². The molecule has 13 heteroatoms. The Morgan fingerprint density at radius 3 is 2.30 bits per heavy atom. The van der Waals surface area contributed by atoms with Crippen LogP contribution in [0.15, 0.2) is 85.1 Å². The molecule has 5 N–H and O–H groups in total. The molecule has 0 spiro atoms. The molecular weight excluding hydrogens is 613 g/mol. The Kier molecular flexibility index (Phi) is 11.0. The van der Waals surface area contributed by atoms with Crippen LogP contribution >= 0.6 is 0 Å². The average molecular weight is 651 g/mol. The number of aromatic amines is 1. The Bertz CT molecular complexity index is 1790. The molecule has 2 heterocycles. The third kappa shape index (κ3) is 9.42. The van der Waals surface area contributed by atoms with Gasteiger partial charge in [-0.1, -0.05) is 60.7 Å². The van der Waals surface area contributed by atoms with Gasteiger partial charge in [-0.15, -0.1) is 10.2 Å². The third-order valence-corrected chi connectivity index (χ3v) is 7.35. The van der Waals surface area contributed by atoms with E-state index in [9.17, 15) is 18.0 Å². The molecule has 0 bridgehead atoms. The van der Waals surface area contributed by atoms with Crippen molar-refractivity contribution in [3.63, 3.8) is 0 Å². The molecule has 10 nitrogen and oxygen atoms in total. The molecule has 1 atom stereocenters. The molecule has 3 aromatic carbocycles. The van der Waals surface area contributed by atoms with Crippen molar-refractivity contribution in [1.29, 1.82) is 0 Å². The monoisotopic (exact) mass is 650 g/mol. The quantitative estimate of drug-likeness (QED) is 0.150. The number of carboxylic acids is 1. The second kappa shape index (κ2) is 14.9. The number of carboxylic acid groups (broad SMARTS) is 1. The summed E-state index contributed by atoms with van der Waals surface area (Å²) in [6.07, 6.45) is -1.03. The number of aryl methyl sites for hydroxylation is 2. The number of halogens is 3. The Balaban J connectivity index is 0.000000644. The topological polar surface area (TPSA) is 148 Å². The molecular formula is C34H37F3N6O4. The molecule has 0 unspecified atom stereocenters. The highest BCUT2D eigenvalue weighted by molar-refractivity contribution is 5.86. The highest BCUT2D eigenvalue weighted by Crippen LogP contribution is 2.26. The lowest BCUT2D eigenvalue weighted by atomic mass is 10.0. The van der Waals surface area contributed by atoms with Crippen LogP contribution in [0.4, 0.5) is 13.2 Å². The molecule has 248 valence electrons. The minimum Gasteiger partial charge on any atom is -0.497 e. The summed E-state index contributed by atoms with van der Waals surface area (Å²) in [5.41, 5.74) is 9.56. The molecule has 5 aromatic rings. The fourth-order valence-electron chi connectivity index (χ4n) is 4.89. The van der Waals surface area contributed by atoms with Gasteiger partial charge < -0.3 is 30.4 Å². The van der Waals surface area contributed by atoms with Crippen molar-refractivity contribution in [3.05, 3.63) is 113 Å². The number of fused-ring (bicyclic) bond motifs is 1. The number of aromatic nitrogens is 4. The van der Waals surface area contributed by atoms with Crippen LogP contribution in [0, 0.1) is 0 Å². The van der Waals surface area contributed by atoms with Crippen molar-refractivity contribution in [2.24, 2.45) is 5.73 Å². The molecule has 0 saturated heterocycles. The lowest BCUT2D eigenvalue weighted by Gasteiger charge is -2.25. The molecule has 0 radical (unpaired) electrons. The second-order valence-corrected chi connectivity index (χ2v) is 11.5. The van der Waals surface area contributed by atoms with Crippen molar-refractivity contribution in [2.45, 2.75) is 57.4 Å². The van der Waals surface area contributed by atoms with E-state index in [0.29, 0.717) is 25.2 Å². The number of nitrogens with two attached hydrogens (primary N) is 1. The van der Waals surface area contributed by atoms with Gasteiger partial charge in [-0.05, 0) is 55.2 Å². The van der Waals surface area contributed by atoms with Crippen molar-refractivity contribution in [3.8, 4) is 5.75 Å². The zero-order valence-electron chi connectivity index (χ0n) is 26.2. The van der Waals surface area contributed by atoms with Crippen LogP contribution in [0.1, 0.15) is 48.2 Å². The Hall–Kier alpha value is -5.17. The van der Waals surface area contributed by atoms with Crippen molar-refractivity contribution in [2.75, 3.05) is 7.11 Å². The number of carbonyl (C=O) groups excluding carboxylic acids is 1. The van der Waals surface area contributed by atoms with E-state index in [-0.39, 0.29) is 5.91 Å². The number of para-hydroxylation sites is 1. The predicted molar refractivity (Wildman–Crippen MR) is 171 cm³/mol. The number of H-pyrrole nitrogens is 1. The smallest absolute Gasteiger partial charge is 0.490 e. The van der Waals surface area contributed by atoms with Gasteiger partial charge in [0.1, 0.15) is 11.6 Å². The number of benzene rings is 3. The summed E-state index contributed by atoms with van der Waals surface area (Å²) in [5.74, 6) is -0.682. The number of hydrogen-bond donors (Lipinski definition) is 4. The van der Waals surface area contributed by atoms with Crippen LogP contribution in [0.2, 0.25) is 0 Å². The van der Waals surface area contributed by atoms with E-state index in [1.165, 1.54) is 5.56 Å². The van der Waals surface area contributed by atoms with Gasteiger partial charge in [-0.3, -0.25) is 4.79 Å². The van der Waals surface area contributed by atoms with Gasteiger partial charge in [-0.25, -0.2) is 4.79 Å². The number of nitrogens with one attached hydrogen (secondary N) is 2. The van der Waals surface area contributed by atoms with Crippen LogP contribution in [0.25, 0.3) is 10.9 Å². The summed E-state index contributed by atoms with van der Waals surface area (Å²) in [4.78, 5) is 25.4. The van der Waals surface area contributed by atoms with Gasteiger partial charge >= 0.3 is 12.1 Å². The van der Waals surface area contributed by atoms with E-state index in [1.54, 1.807) is 21.0 Å². The second-order valence-electron chi connectivity index (χ2n) is 11.5. The maximum atomic E-state index is 13.2. The molecule has 5 rings (SSSR count). The van der Waals surface area contributed by atoms with Crippen LogP contribution < -0.4 is 15.8 Å². The zero-order chi connectivity index (χ0) is 34.2. The molecule has 0 aliphatic rings. The number of aliphatic carboxylic acids is 1. The van der Waals surface area contributed by atoms with Crippen LogP contribution in [-0.2, 0) is 35.4 Å². The number of methoxy groups -OCH3 is 1. The largest absolute Gasteiger partial charge is 0.497 e. The van der Waals surface area contributed by atoms with E-state index in [4.69, 9.17) is 20.4 Å². The van der Waals surface area contributed by atoms with Crippen LogP contribution in [0.3, 0.4) is 0 Å². The molecule has 47 heavy (non-hydrogen) atoms. The highest BCUT2D eigenvalue weighted by atomic mass is 19.4. The van der Waals surface area contributed by atoms with E-state index in [1.807, 2.05) is 60.8 Å². The van der Waals surface area contributed by atoms with E-state index < -0.39 is 23.7 Å². The summed E-state index contributed by atoms with van der Waals surface area (Å²) in [5, 5.41) is 20.7. The van der Waals surface area contributed by atoms with Crippen LogP contribution in [0.5, 0.6) is 5.75 Å². The predicted octanol–water partition coefficient (Wildman–Crippen LogP) is 5.37. The molecule has 1 amide bonds. The molecule has 0 aliphatic carbocycles. The fraction of sp³-hybridized carbons (Fsp3) is 0.294. The Morgan fingerprint density at radius 2 is 1.64 bits per heavy atom. The minimum atomic E-state index is -5.08. The summed E-state index contributed by atoms with van der Waals surface area (Å²) < 4.78 is 39.3. The fourth-order valence-corrected chi connectivity index (χ4v) is 4.89. The van der Waals surface area contributed by atoms with Gasteiger partial charge in [0, 0.05) is 29.9 Å². The minimum absolute atomic E-state index is 0.251. The average Bonchev–Trinajstić information content (AvgIpc) is 3.63. The standard InChI is InChI=1S/C32H36N6O2.C2HF3O2/c1-32(2,33)31(39)35-28(19-24-20-34-27-15-8-7-14-26(24)27)30-37-36-29(17-16-22-10-5-4-6-11-22)38(30)21-23-12-9-13-25(18-23)40-3;3-2(4,5)1(6)7/h4-15,18,20,28,34H,16-17,19,21,33H2,1-3H3,(H,35,39);(H,6,7)/t28-;/m1./s1. The summed E-state index contributed by atoms with van der Waals surface area (Å²) in [6, 6.07) is 26.0. The zero-order valence-corrected chi connectivity index (χ0v) is 26.2. The molecule has 0 aliphatic heterocycles. The van der Waals surface area contributed by atoms with Crippen molar-refractivity contribution in [1.82, 2.24) is 25.1 Å². The summed E-state index contributed by atoms with van der Waals surface area (Å²) in [6.45, 7) is 3.95. The van der Waals surface area contributed by atoms with Gasteiger partial charge in [0.15, 0.2) is 5.82 Å². The summed E-state index contributed by atoms with van der Waals surface area (Å²) >= 11 is 0. The maximum absolute atomic E-state index is 13.2. The first-order valence-corrected chi connectivity index (χ1v) is 14.8. The van der Waals surface area contributed by atoms with Gasteiger partial charge in [0.05, 0.1) is 25.2 Å². The van der Waals surface area contributed by atoms with Gasteiger partial charge in [-0.2, -0.15) is 13.2 Å². The first kappa shape index (κ1) is 34.7. The van der Waals surface area contributed by atoms with E-state index in [0.717, 1.165) is 40.0 Å². The number of carbonyl (C=O) groups is 2. The van der Waals surface area contributed by atoms with Crippen molar-refractivity contribution < 1.29 is 32.6 Å². The maximum Gasteiger partial charge on any atom is 0.490 e. The SMILES string of the molecule is COc1cccc(Cn2c(CCc3ccccc3)nnc2[C@@H](Cc2c[nH]c3ccccc23)NC(=O)C(C)(C)N)c1.O=C(O)C(F)(F)F. The third-order valence-electron chi connectivity index (χ3n) is 7.35. The first-order valence-electron chi connectivity index (χ1n) is 14.8. The highest BCUT2D eigenvalue weighted by Gasteiger charge is 2.38. The lowest BCUT2D eigenvalue weighted by Crippen LogP contribution is -2.50.